The molecule has 1 N–H and O–H groups in total. The van der Waals surface area contributed by atoms with Gasteiger partial charge in [-0.05, 0) is 49.4 Å². The SMILES string of the molecule is Fc1ccc(N(c2ccc(F)c(F)c2)C2CCNC2)cc1. The number of benzene rings is 2. The van der Waals surface area contributed by atoms with E-state index in [1.165, 1.54) is 18.2 Å². The first-order valence-electron chi connectivity index (χ1n) is 6.86. The molecular weight excluding hydrogens is 277 g/mol. The molecule has 0 radical (unpaired) electrons. The molecule has 1 saturated heterocycles. The first-order valence-corrected chi connectivity index (χ1v) is 6.86. The Morgan fingerprint density at radius 2 is 1.62 bits per heavy atom. The Morgan fingerprint density at radius 1 is 0.905 bits per heavy atom. The molecule has 5 heteroatoms. The van der Waals surface area contributed by atoms with Gasteiger partial charge in [-0.15, -0.1) is 0 Å². The van der Waals surface area contributed by atoms with E-state index >= 15 is 0 Å². The van der Waals surface area contributed by atoms with Gasteiger partial charge in [-0.1, -0.05) is 0 Å². The molecule has 1 aliphatic rings. The van der Waals surface area contributed by atoms with Crippen LogP contribution in [-0.2, 0) is 0 Å². The van der Waals surface area contributed by atoms with Gasteiger partial charge in [-0.3, -0.25) is 0 Å². The van der Waals surface area contributed by atoms with E-state index in [0.717, 1.165) is 31.3 Å². The molecule has 2 nitrogen and oxygen atoms in total. The van der Waals surface area contributed by atoms with Crippen LogP contribution in [0.15, 0.2) is 42.5 Å². The van der Waals surface area contributed by atoms with E-state index < -0.39 is 11.6 Å². The molecule has 0 bridgehead atoms. The van der Waals surface area contributed by atoms with E-state index in [1.54, 1.807) is 18.2 Å². The minimum atomic E-state index is -0.884. The van der Waals surface area contributed by atoms with E-state index in [4.69, 9.17) is 0 Å². The lowest BCUT2D eigenvalue weighted by atomic mass is 10.1. The van der Waals surface area contributed by atoms with Crippen molar-refractivity contribution < 1.29 is 13.2 Å². The largest absolute Gasteiger partial charge is 0.337 e. The van der Waals surface area contributed by atoms with Gasteiger partial charge >= 0.3 is 0 Å². The smallest absolute Gasteiger partial charge is 0.160 e. The molecule has 110 valence electrons. The standard InChI is InChI=1S/C16H15F3N2/c17-11-1-3-12(4-2-11)21(14-7-8-20-10-14)13-5-6-15(18)16(19)9-13/h1-6,9,14,20H,7-8,10H2. The number of halogens is 3. The average molecular weight is 292 g/mol. The van der Waals surface area contributed by atoms with Gasteiger partial charge in [0.05, 0.1) is 0 Å². The second-order valence-corrected chi connectivity index (χ2v) is 5.09. The Balaban J connectivity index is 2.02. The molecule has 1 aliphatic heterocycles. The summed E-state index contributed by atoms with van der Waals surface area (Å²) >= 11 is 0. The minimum Gasteiger partial charge on any atom is -0.337 e. The molecule has 0 aliphatic carbocycles. The van der Waals surface area contributed by atoms with E-state index in [-0.39, 0.29) is 11.9 Å². The maximum atomic E-state index is 13.5. The number of rotatable bonds is 3. The molecule has 1 atom stereocenters. The van der Waals surface area contributed by atoms with Gasteiger partial charge in [0.2, 0.25) is 0 Å². The molecule has 2 aromatic carbocycles. The highest BCUT2D eigenvalue weighted by Crippen LogP contribution is 2.31. The third kappa shape index (κ3) is 2.88. The number of nitrogens with one attached hydrogen (secondary N) is 1. The number of hydrogen-bond acceptors (Lipinski definition) is 2. The van der Waals surface area contributed by atoms with Crippen molar-refractivity contribution in [3.05, 3.63) is 59.9 Å². The molecule has 21 heavy (non-hydrogen) atoms. The van der Waals surface area contributed by atoms with Crippen LogP contribution in [0.5, 0.6) is 0 Å². The summed E-state index contributed by atoms with van der Waals surface area (Å²) in [7, 11) is 0. The number of hydrogen-bond donors (Lipinski definition) is 1. The summed E-state index contributed by atoms with van der Waals surface area (Å²) in [4.78, 5) is 1.92. The molecule has 0 saturated carbocycles. The molecule has 2 aromatic rings. The average Bonchev–Trinajstić information content (AvgIpc) is 2.99. The van der Waals surface area contributed by atoms with Gasteiger partial charge in [0.1, 0.15) is 5.82 Å². The van der Waals surface area contributed by atoms with Crippen LogP contribution in [0, 0.1) is 17.5 Å². The van der Waals surface area contributed by atoms with Crippen molar-refractivity contribution in [2.45, 2.75) is 12.5 Å². The summed E-state index contributed by atoms with van der Waals surface area (Å²) < 4.78 is 39.8. The fraction of sp³-hybridized carbons (Fsp3) is 0.250. The van der Waals surface area contributed by atoms with Gasteiger partial charge in [0.25, 0.3) is 0 Å². The Hall–Kier alpha value is -2.01. The van der Waals surface area contributed by atoms with Crippen LogP contribution in [-0.4, -0.2) is 19.1 Å². The molecule has 1 heterocycles. The summed E-state index contributed by atoms with van der Waals surface area (Å²) in [5, 5.41) is 3.25. The topological polar surface area (TPSA) is 15.3 Å². The van der Waals surface area contributed by atoms with Crippen LogP contribution < -0.4 is 10.2 Å². The second-order valence-electron chi connectivity index (χ2n) is 5.09. The molecule has 1 unspecified atom stereocenters. The van der Waals surface area contributed by atoms with Crippen LogP contribution in [0.25, 0.3) is 0 Å². The van der Waals surface area contributed by atoms with Crippen molar-refractivity contribution in [1.82, 2.24) is 5.32 Å². The van der Waals surface area contributed by atoms with E-state index in [0.29, 0.717) is 5.69 Å². The maximum Gasteiger partial charge on any atom is 0.160 e. The van der Waals surface area contributed by atoms with Crippen molar-refractivity contribution >= 4 is 11.4 Å². The van der Waals surface area contributed by atoms with Gasteiger partial charge in [0.15, 0.2) is 11.6 Å². The zero-order valence-electron chi connectivity index (χ0n) is 11.3. The van der Waals surface area contributed by atoms with Gasteiger partial charge in [0, 0.05) is 30.0 Å². The lowest BCUT2D eigenvalue weighted by Crippen LogP contribution is -2.33. The van der Waals surface area contributed by atoms with Crippen molar-refractivity contribution in [2.75, 3.05) is 18.0 Å². The van der Waals surface area contributed by atoms with Crippen LogP contribution in [0.3, 0.4) is 0 Å². The maximum absolute atomic E-state index is 13.5. The Labute approximate surface area is 121 Å². The number of anilines is 2. The third-order valence-electron chi connectivity index (χ3n) is 3.69. The fourth-order valence-corrected chi connectivity index (χ4v) is 2.67. The van der Waals surface area contributed by atoms with E-state index in [2.05, 4.69) is 5.32 Å². The third-order valence-corrected chi connectivity index (χ3v) is 3.69. The Bertz CT molecular complexity index is 622. The van der Waals surface area contributed by atoms with Gasteiger partial charge in [-0.25, -0.2) is 13.2 Å². The van der Waals surface area contributed by atoms with Crippen molar-refractivity contribution in [1.29, 1.82) is 0 Å². The van der Waals surface area contributed by atoms with E-state index in [9.17, 15) is 13.2 Å². The second kappa shape index (κ2) is 5.77. The molecule has 1 fully saturated rings. The number of nitrogens with zero attached hydrogens (tertiary/aromatic N) is 1. The summed E-state index contributed by atoms with van der Waals surface area (Å²) in [5.74, 6) is -2.08. The summed E-state index contributed by atoms with van der Waals surface area (Å²) in [6, 6.07) is 9.99. The van der Waals surface area contributed by atoms with Crippen molar-refractivity contribution in [2.24, 2.45) is 0 Å². The first kappa shape index (κ1) is 13.9. The minimum absolute atomic E-state index is 0.125. The Kier molecular flexibility index (Phi) is 3.84. The van der Waals surface area contributed by atoms with Crippen LogP contribution >= 0.6 is 0 Å². The van der Waals surface area contributed by atoms with E-state index in [1.807, 2.05) is 4.90 Å². The Morgan fingerprint density at radius 3 is 2.24 bits per heavy atom. The molecule has 0 aromatic heterocycles. The molecule has 0 spiro atoms. The summed E-state index contributed by atoms with van der Waals surface area (Å²) in [6.45, 7) is 1.61. The normalized spacial score (nSPS) is 18.0. The van der Waals surface area contributed by atoms with Crippen LogP contribution in [0.2, 0.25) is 0 Å². The van der Waals surface area contributed by atoms with Crippen molar-refractivity contribution in [3.8, 4) is 0 Å². The van der Waals surface area contributed by atoms with Crippen LogP contribution in [0.1, 0.15) is 6.42 Å². The predicted molar refractivity (Wildman–Crippen MR) is 76.2 cm³/mol. The van der Waals surface area contributed by atoms with Crippen molar-refractivity contribution in [3.63, 3.8) is 0 Å². The van der Waals surface area contributed by atoms with Crippen LogP contribution in [0.4, 0.5) is 24.5 Å². The van der Waals surface area contributed by atoms with Gasteiger partial charge in [-0.2, -0.15) is 0 Å². The lowest BCUT2D eigenvalue weighted by Gasteiger charge is -2.31. The first-order chi connectivity index (χ1) is 10.1. The zero-order chi connectivity index (χ0) is 14.8. The highest BCUT2D eigenvalue weighted by atomic mass is 19.2. The molecular formula is C16H15F3N2. The monoisotopic (exact) mass is 292 g/mol. The lowest BCUT2D eigenvalue weighted by molar-refractivity contribution is 0.508. The van der Waals surface area contributed by atoms with Gasteiger partial charge < -0.3 is 10.2 Å². The fourth-order valence-electron chi connectivity index (χ4n) is 2.67. The summed E-state index contributed by atoms with van der Waals surface area (Å²) in [6.07, 6.45) is 0.885. The molecule has 3 rings (SSSR count). The summed E-state index contributed by atoms with van der Waals surface area (Å²) in [5.41, 5.74) is 1.32. The quantitative estimate of drug-likeness (QED) is 0.930. The predicted octanol–water partition coefficient (Wildman–Crippen LogP) is 3.60. The highest BCUT2D eigenvalue weighted by Gasteiger charge is 2.24. The molecule has 0 amide bonds. The highest BCUT2D eigenvalue weighted by molar-refractivity contribution is 5.64. The zero-order valence-corrected chi connectivity index (χ0v) is 11.3.